The van der Waals surface area contributed by atoms with Gasteiger partial charge in [-0.05, 0) is 32.0 Å². The van der Waals surface area contributed by atoms with Gasteiger partial charge < -0.3 is 20.0 Å². The maximum absolute atomic E-state index is 13.2. The minimum Gasteiger partial charge on any atom is -0.339 e. The van der Waals surface area contributed by atoms with Crippen molar-refractivity contribution in [2.45, 2.75) is 32.0 Å². The zero-order valence-electron chi connectivity index (χ0n) is 20.5. The molecule has 0 radical (unpaired) electrons. The smallest absolute Gasteiger partial charge is 0.317 e. The molecule has 1 unspecified atom stereocenters. The van der Waals surface area contributed by atoms with Gasteiger partial charge in [0.15, 0.2) is 5.78 Å². The zero-order valence-corrected chi connectivity index (χ0v) is 20.5. The fourth-order valence-electron chi connectivity index (χ4n) is 5.22. The Balaban J connectivity index is 1.27. The number of piperazine rings is 1. The standard InChI is InChI=1S/C26H25N9O2/c1-26(2)22(36)19-5-6-20(32-23(19)35(26)14-16-4-3-7-28-21(16)10-27)17-11-29-24(30-12-17)33-8-9-34-18(15-33)13-31-25(34)37/h3-7,11-12,18H,8-9,13-15H2,1-2H3,(H,31,37). The topological polar surface area (TPSA) is 131 Å². The van der Waals surface area contributed by atoms with E-state index in [9.17, 15) is 14.9 Å². The van der Waals surface area contributed by atoms with E-state index in [1.165, 1.54) is 0 Å². The second kappa shape index (κ2) is 8.51. The monoisotopic (exact) mass is 495 g/mol. The summed E-state index contributed by atoms with van der Waals surface area (Å²) in [6.45, 7) is 6.68. The first-order chi connectivity index (χ1) is 17.9. The minimum atomic E-state index is -0.824. The van der Waals surface area contributed by atoms with Crippen molar-refractivity contribution < 1.29 is 9.59 Å². The lowest BCUT2D eigenvalue weighted by atomic mass is 9.97. The van der Waals surface area contributed by atoms with E-state index in [1.54, 1.807) is 30.7 Å². The van der Waals surface area contributed by atoms with E-state index in [1.807, 2.05) is 35.8 Å². The van der Waals surface area contributed by atoms with Crippen molar-refractivity contribution in [1.82, 2.24) is 30.2 Å². The SMILES string of the molecule is CC1(C)C(=O)c2ccc(-c3cnc(N4CCN5C(=O)NCC5C4)nc3)nc2N1Cc1cccnc1C#N. The van der Waals surface area contributed by atoms with Gasteiger partial charge in [-0.1, -0.05) is 6.07 Å². The molecule has 3 aliphatic heterocycles. The van der Waals surface area contributed by atoms with Crippen LogP contribution in [0.5, 0.6) is 0 Å². The van der Waals surface area contributed by atoms with E-state index in [0.29, 0.717) is 61.4 Å². The van der Waals surface area contributed by atoms with E-state index in [2.05, 4.69) is 31.2 Å². The van der Waals surface area contributed by atoms with Crippen molar-refractivity contribution in [3.63, 3.8) is 0 Å². The third-order valence-corrected chi connectivity index (χ3v) is 7.38. The molecule has 3 aliphatic rings. The molecule has 2 saturated heterocycles. The number of rotatable bonds is 4. The van der Waals surface area contributed by atoms with E-state index in [4.69, 9.17) is 4.98 Å². The average Bonchev–Trinajstić information content (AvgIpc) is 3.38. The van der Waals surface area contributed by atoms with Crippen LogP contribution >= 0.6 is 0 Å². The number of hydrogen-bond acceptors (Lipinski definition) is 9. The highest BCUT2D eigenvalue weighted by molar-refractivity contribution is 6.12. The summed E-state index contributed by atoms with van der Waals surface area (Å²) in [6.07, 6.45) is 5.06. The summed E-state index contributed by atoms with van der Waals surface area (Å²) in [6, 6.07) is 9.48. The molecule has 11 nitrogen and oxygen atoms in total. The second-order valence-corrected chi connectivity index (χ2v) is 9.92. The molecule has 2 fully saturated rings. The molecule has 37 heavy (non-hydrogen) atoms. The van der Waals surface area contributed by atoms with Gasteiger partial charge in [0.2, 0.25) is 5.95 Å². The maximum atomic E-state index is 13.2. The predicted molar refractivity (Wildman–Crippen MR) is 135 cm³/mol. The first kappa shape index (κ1) is 22.8. The number of pyridine rings is 2. The molecule has 0 aromatic carbocycles. The van der Waals surface area contributed by atoms with Gasteiger partial charge in [-0.3, -0.25) is 4.79 Å². The number of amides is 2. The molecular weight excluding hydrogens is 470 g/mol. The van der Waals surface area contributed by atoms with Crippen molar-refractivity contribution in [3.8, 4) is 17.3 Å². The lowest BCUT2D eigenvalue weighted by Crippen LogP contribution is -2.52. The summed E-state index contributed by atoms with van der Waals surface area (Å²) in [5.74, 6) is 1.16. The Morgan fingerprint density at radius 1 is 1.14 bits per heavy atom. The number of ketones is 1. The van der Waals surface area contributed by atoms with Gasteiger partial charge >= 0.3 is 6.03 Å². The Morgan fingerprint density at radius 2 is 1.95 bits per heavy atom. The summed E-state index contributed by atoms with van der Waals surface area (Å²) in [5.41, 5.74) is 2.18. The number of nitrogens with one attached hydrogen (secondary N) is 1. The molecule has 0 aliphatic carbocycles. The first-order valence-corrected chi connectivity index (χ1v) is 12.2. The van der Waals surface area contributed by atoms with Crippen LogP contribution in [0.3, 0.4) is 0 Å². The number of fused-ring (bicyclic) bond motifs is 2. The Bertz CT molecular complexity index is 1450. The number of hydrogen-bond donors (Lipinski definition) is 1. The van der Waals surface area contributed by atoms with E-state index >= 15 is 0 Å². The summed E-state index contributed by atoms with van der Waals surface area (Å²) < 4.78 is 0. The Morgan fingerprint density at radius 3 is 2.73 bits per heavy atom. The van der Waals surface area contributed by atoms with Crippen LogP contribution in [0.2, 0.25) is 0 Å². The van der Waals surface area contributed by atoms with Crippen LogP contribution in [0.4, 0.5) is 16.6 Å². The van der Waals surface area contributed by atoms with E-state index in [-0.39, 0.29) is 17.9 Å². The predicted octanol–water partition coefficient (Wildman–Crippen LogP) is 2.00. The van der Waals surface area contributed by atoms with Crippen LogP contribution in [0.15, 0.2) is 42.9 Å². The third-order valence-electron chi connectivity index (χ3n) is 7.38. The van der Waals surface area contributed by atoms with Crippen LogP contribution in [0.25, 0.3) is 11.3 Å². The Kier molecular flexibility index (Phi) is 5.26. The summed E-state index contributed by atoms with van der Waals surface area (Å²) in [4.78, 5) is 49.1. The number of urea groups is 1. The van der Waals surface area contributed by atoms with Crippen LogP contribution in [0.1, 0.15) is 35.5 Å². The highest BCUT2D eigenvalue weighted by Gasteiger charge is 2.45. The molecule has 11 heteroatoms. The van der Waals surface area contributed by atoms with Crippen LogP contribution in [-0.2, 0) is 6.54 Å². The normalized spacial score (nSPS) is 19.9. The van der Waals surface area contributed by atoms with Crippen molar-refractivity contribution in [1.29, 1.82) is 5.26 Å². The number of Topliss-reactive ketones (excluding diaryl/α,β-unsaturated/α-hetero) is 1. The van der Waals surface area contributed by atoms with Gasteiger partial charge in [-0.25, -0.2) is 24.7 Å². The van der Waals surface area contributed by atoms with Crippen molar-refractivity contribution in [2.24, 2.45) is 0 Å². The first-order valence-electron chi connectivity index (χ1n) is 12.2. The van der Waals surface area contributed by atoms with Crippen molar-refractivity contribution >= 4 is 23.6 Å². The summed E-state index contributed by atoms with van der Waals surface area (Å²) in [7, 11) is 0. The zero-order chi connectivity index (χ0) is 25.7. The van der Waals surface area contributed by atoms with Crippen LogP contribution < -0.4 is 15.1 Å². The summed E-state index contributed by atoms with van der Waals surface area (Å²) >= 11 is 0. The van der Waals surface area contributed by atoms with E-state index in [0.717, 1.165) is 11.1 Å². The van der Waals surface area contributed by atoms with Crippen molar-refractivity contribution in [2.75, 3.05) is 36.0 Å². The second-order valence-electron chi connectivity index (χ2n) is 9.92. The van der Waals surface area contributed by atoms with Gasteiger partial charge in [0.05, 0.1) is 22.8 Å². The largest absolute Gasteiger partial charge is 0.339 e. The van der Waals surface area contributed by atoms with Crippen LogP contribution in [-0.4, -0.2) is 74.4 Å². The lowest BCUT2D eigenvalue weighted by molar-refractivity contribution is 0.0923. The maximum Gasteiger partial charge on any atom is 0.317 e. The molecule has 3 aromatic rings. The third kappa shape index (κ3) is 3.72. The Hall–Kier alpha value is -4.59. The number of nitriles is 1. The fourth-order valence-corrected chi connectivity index (χ4v) is 5.22. The van der Waals surface area contributed by atoms with Gasteiger partial charge in [0.25, 0.3) is 0 Å². The van der Waals surface area contributed by atoms with Gasteiger partial charge in [0, 0.05) is 62.4 Å². The molecular formula is C26H25N9O2. The van der Waals surface area contributed by atoms with Crippen LogP contribution in [0, 0.1) is 11.3 Å². The molecule has 0 saturated carbocycles. The molecule has 0 bridgehead atoms. The van der Waals surface area contributed by atoms with Gasteiger partial charge in [0.1, 0.15) is 17.6 Å². The molecule has 1 atom stereocenters. The van der Waals surface area contributed by atoms with Gasteiger partial charge in [-0.15, -0.1) is 0 Å². The highest BCUT2D eigenvalue weighted by atomic mass is 16.2. The van der Waals surface area contributed by atoms with Gasteiger partial charge in [-0.2, -0.15) is 5.26 Å². The highest BCUT2D eigenvalue weighted by Crippen LogP contribution is 2.39. The molecule has 1 N–H and O–H groups in total. The minimum absolute atomic E-state index is 0.00771. The molecule has 186 valence electrons. The number of carbonyl (C=O) groups excluding carboxylic acids is 2. The van der Waals surface area contributed by atoms with Crippen molar-refractivity contribution in [3.05, 3.63) is 59.7 Å². The average molecular weight is 496 g/mol. The molecule has 0 spiro atoms. The quantitative estimate of drug-likeness (QED) is 0.577. The number of carbonyl (C=O) groups is 2. The number of nitrogens with zero attached hydrogens (tertiary/aromatic N) is 8. The van der Waals surface area contributed by atoms with E-state index < -0.39 is 5.54 Å². The fraction of sp³-hybridized carbons (Fsp3) is 0.346. The lowest BCUT2D eigenvalue weighted by Gasteiger charge is -2.36. The molecule has 6 heterocycles. The molecule has 2 amide bonds. The number of aromatic nitrogens is 4. The molecule has 6 rings (SSSR count). The molecule has 3 aromatic heterocycles. The summed E-state index contributed by atoms with van der Waals surface area (Å²) in [5, 5.41) is 12.4. The Labute approximate surface area is 213 Å². The number of anilines is 2.